The molecule has 7 nitrogen and oxygen atoms in total. The number of aliphatic carboxylic acids is 1. The number of carboxylic acids is 1. The molecular formula is C14H14F3N3O4S. The Morgan fingerprint density at radius 3 is 2.84 bits per heavy atom. The number of thiophene rings is 1. The van der Waals surface area contributed by atoms with E-state index in [1.807, 2.05) is 0 Å². The molecule has 0 aliphatic carbocycles. The lowest BCUT2D eigenvalue weighted by atomic mass is 10.1. The number of aryl methyl sites for hydroxylation is 1. The number of ether oxygens (including phenoxy) is 1. The Morgan fingerprint density at radius 2 is 2.20 bits per heavy atom. The lowest BCUT2D eigenvalue weighted by Crippen LogP contribution is -2.49. The number of hydrogen-bond donors (Lipinski definition) is 1. The van der Waals surface area contributed by atoms with Gasteiger partial charge in [-0.05, 0) is 6.07 Å². The van der Waals surface area contributed by atoms with Crippen molar-refractivity contribution in [1.29, 1.82) is 0 Å². The van der Waals surface area contributed by atoms with Crippen LogP contribution in [0.1, 0.15) is 21.8 Å². The van der Waals surface area contributed by atoms with E-state index in [9.17, 15) is 22.8 Å². The standard InChI is InChI=1S/C14H14F3N3O4S/c1-19-13-8(11(18-19)14(15,16)17)5-9(25-13)12(23)20-2-3-24-6-7(20)4-10(21)22/h5,7H,2-4,6H2,1H3,(H,21,22)/t7-/m0/s1. The van der Waals surface area contributed by atoms with E-state index in [-0.39, 0.29) is 41.3 Å². The first kappa shape index (κ1) is 17.7. The zero-order chi connectivity index (χ0) is 18.4. The first-order valence-electron chi connectivity index (χ1n) is 7.32. The number of alkyl halides is 3. The van der Waals surface area contributed by atoms with Crippen molar-refractivity contribution in [2.24, 2.45) is 7.05 Å². The normalized spacial score (nSPS) is 18.7. The first-order valence-corrected chi connectivity index (χ1v) is 8.14. The molecule has 1 N–H and O–H groups in total. The first-order chi connectivity index (χ1) is 11.7. The highest BCUT2D eigenvalue weighted by Gasteiger charge is 2.38. The number of amides is 1. The third-order valence-electron chi connectivity index (χ3n) is 3.89. The summed E-state index contributed by atoms with van der Waals surface area (Å²) in [5.41, 5.74) is -1.04. The molecule has 2 aromatic heterocycles. The van der Waals surface area contributed by atoms with Gasteiger partial charge in [-0.1, -0.05) is 0 Å². The monoisotopic (exact) mass is 377 g/mol. The maximum Gasteiger partial charge on any atom is 0.435 e. The summed E-state index contributed by atoms with van der Waals surface area (Å²) < 4.78 is 45.5. The van der Waals surface area contributed by atoms with Crippen LogP contribution in [0.3, 0.4) is 0 Å². The number of carbonyl (C=O) groups is 2. The van der Waals surface area contributed by atoms with Gasteiger partial charge in [0.05, 0.1) is 30.6 Å². The minimum absolute atomic E-state index is 0.0816. The van der Waals surface area contributed by atoms with Crippen LogP contribution >= 0.6 is 11.3 Å². The van der Waals surface area contributed by atoms with Gasteiger partial charge in [0.2, 0.25) is 0 Å². The molecular weight excluding hydrogens is 363 g/mol. The quantitative estimate of drug-likeness (QED) is 0.884. The fourth-order valence-electron chi connectivity index (χ4n) is 2.79. The van der Waals surface area contributed by atoms with Gasteiger partial charge in [0.25, 0.3) is 5.91 Å². The van der Waals surface area contributed by atoms with Gasteiger partial charge >= 0.3 is 12.1 Å². The van der Waals surface area contributed by atoms with Crippen molar-refractivity contribution >= 4 is 33.4 Å². The molecule has 0 unspecified atom stereocenters. The zero-order valence-electron chi connectivity index (χ0n) is 13.0. The number of morpholine rings is 1. The lowest BCUT2D eigenvalue weighted by Gasteiger charge is -2.34. The Kier molecular flexibility index (Phi) is 4.45. The molecule has 0 saturated carbocycles. The summed E-state index contributed by atoms with van der Waals surface area (Å²) in [7, 11) is 1.38. The molecule has 1 amide bonds. The van der Waals surface area contributed by atoms with Gasteiger partial charge in [0.15, 0.2) is 5.69 Å². The van der Waals surface area contributed by atoms with Gasteiger partial charge in [-0.25, -0.2) is 0 Å². The molecule has 0 spiro atoms. The summed E-state index contributed by atoms with van der Waals surface area (Å²) in [6.07, 6.45) is -4.91. The number of fused-ring (bicyclic) bond motifs is 1. The molecule has 1 fully saturated rings. The lowest BCUT2D eigenvalue weighted by molar-refractivity contribution is -0.140. The Balaban J connectivity index is 1.95. The number of carbonyl (C=O) groups excluding carboxylic acids is 1. The average molecular weight is 377 g/mol. The second-order valence-electron chi connectivity index (χ2n) is 5.62. The molecule has 1 saturated heterocycles. The molecule has 1 aliphatic rings. The van der Waals surface area contributed by atoms with Crippen LogP contribution in [0.2, 0.25) is 0 Å². The van der Waals surface area contributed by atoms with Gasteiger partial charge < -0.3 is 14.7 Å². The average Bonchev–Trinajstić information content (AvgIpc) is 3.07. The van der Waals surface area contributed by atoms with Crippen LogP contribution in [-0.4, -0.2) is 57.5 Å². The summed E-state index contributed by atoms with van der Waals surface area (Å²) in [6.45, 7) is 0.524. The van der Waals surface area contributed by atoms with E-state index in [1.54, 1.807) is 0 Å². The van der Waals surface area contributed by atoms with Crippen molar-refractivity contribution in [1.82, 2.24) is 14.7 Å². The zero-order valence-corrected chi connectivity index (χ0v) is 13.9. The summed E-state index contributed by atoms with van der Waals surface area (Å²) in [5.74, 6) is -1.57. The Labute approximate surface area is 143 Å². The van der Waals surface area contributed by atoms with Gasteiger partial charge in [-0.15, -0.1) is 11.3 Å². The topological polar surface area (TPSA) is 84.7 Å². The Bertz CT molecular complexity index is 829. The smallest absolute Gasteiger partial charge is 0.435 e. The molecule has 3 heterocycles. The van der Waals surface area contributed by atoms with E-state index < -0.39 is 29.8 Å². The molecule has 3 rings (SSSR count). The van der Waals surface area contributed by atoms with E-state index in [0.717, 1.165) is 16.0 Å². The van der Waals surface area contributed by atoms with Crippen molar-refractivity contribution in [3.8, 4) is 0 Å². The van der Waals surface area contributed by atoms with Gasteiger partial charge in [0, 0.05) is 19.0 Å². The van der Waals surface area contributed by atoms with Crippen LogP contribution in [0.4, 0.5) is 13.2 Å². The van der Waals surface area contributed by atoms with Crippen molar-refractivity contribution < 1.29 is 32.6 Å². The van der Waals surface area contributed by atoms with E-state index in [2.05, 4.69) is 5.10 Å². The van der Waals surface area contributed by atoms with Crippen LogP contribution in [0.15, 0.2) is 6.07 Å². The van der Waals surface area contributed by atoms with Crippen LogP contribution in [0.5, 0.6) is 0 Å². The Morgan fingerprint density at radius 1 is 1.48 bits per heavy atom. The number of halogens is 3. The minimum Gasteiger partial charge on any atom is -0.481 e. The Hall–Kier alpha value is -2.14. The van der Waals surface area contributed by atoms with E-state index in [4.69, 9.17) is 9.84 Å². The number of nitrogens with zero attached hydrogens (tertiary/aromatic N) is 3. The van der Waals surface area contributed by atoms with Gasteiger partial charge in [0.1, 0.15) is 4.83 Å². The summed E-state index contributed by atoms with van der Waals surface area (Å²) in [4.78, 5) is 25.4. The van der Waals surface area contributed by atoms with E-state index >= 15 is 0 Å². The number of hydrogen-bond acceptors (Lipinski definition) is 5. The van der Waals surface area contributed by atoms with E-state index in [1.165, 1.54) is 18.0 Å². The highest BCUT2D eigenvalue weighted by molar-refractivity contribution is 7.20. The molecule has 0 aromatic carbocycles. The number of aromatic nitrogens is 2. The highest BCUT2D eigenvalue weighted by Crippen LogP contribution is 2.37. The summed E-state index contributed by atoms with van der Waals surface area (Å²) in [6, 6.07) is 0.523. The van der Waals surface area contributed by atoms with Crippen molar-refractivity contribution in [2.75, 3.05) is 19.8 Å². The van der Waals surface area contributed by atoms with Crippen LogP contribution in [0, 0.1) is 0 Å². The SMILES string of the molecule is Cn1nc(C(F)(F)F)c2cc(C(=O)N3CCOC[C@@H]3CC(=O)O)sc21. The molecule has 136 valence electrons. The highest BCUT2D eigenvalue weighted by atomic mass is 32.1. The third-order valence-corrected chi connectivity index (χ3v) is 5.08. The van der Waals surface area contributed by atoms with Crippen molar-refractivity contribution in [3.05, 3.63) is 16.6 Å². The third kappa shape index (κ3) is 3.33. The molecule has 2 aromatic rings. The molecule has 0 radical (unpaired) electrons. The maximum absolute atomic E-state index is 13.1. The largest absolute Gasteiger partial charge is 0.481 e. The summed E-state index contributed by atoms with van der Waals surface area (Å²) in [5, 5.41) is 12.3. The van der Waals surface area contributed by atoms with Gasteiger partial charge in [-0.3, -0.25) is 14.3 Å². The predicted octanol–water partition coefficient (Wildman–Crippen LogP) is 1.97. The maximum atomic E-state index is 13.1. The van der Waals surface area contributed by atoms with E-state index in [0.29, 0.717) is 0 Å². The molecule has 11 heteroatoms. The minimum atomic E-state index is -4.62. The number of carboxylic acid groups (broad SMARTS) is 1. The fourth-order valence-corrected chi connectivity index (χ4v) is 3.82. The van der Waals surface area contributed by atoms with Gasteiger partial charge in [-0.2, -0.15) is 18.3 Å². The second kappa shape index (κ2) is 6.30. The fraction of sp³-hybridized carbons (Fsp3) is 0.500. The predicted molar refractivity (Wildman–Crippen MR) is 81.5 cm³/mol. The van der Waals surface area contributed by atoms with Crippen LogP contribution in [-0.2, 0) is 22.8 Å². The molecule has 1 aliphatic heterocycles. The molecule has 0 bridgehead atoms. The molecule has 25 heavy (non-hydrogen) atoms. The van der Waals surface area contributed by atoms with Crippen LogP contribution < -0.4 is 0 Å². The second-order valence-corrected chi connectivity index (χ2v) is 6.66. The molecule has 1 atom stereocenters. The number of rotatable bonds is 3. The van der Waals surface area contributed by atoms with Crippen LogP contribution in [0.25, 0.3) is 10.2 Å². The van der Waals surface area contributed by atoms with Crippen molar-refractivity contribution in [2.45, 2.75) is 18.6 Å². The van der Waals surface area contributed by atoms with Crippen molar-refractivity contribution in [3.63, 3.8) is 0 Å². The summed E-state index contributed by atoms with van der Waals surface area (Å²) >= 11 is 0.905.